The van der Waals surface area contributed by atoms with Crippen LogP contribution in [0.25, 0.3) is 0 Å². The number of amides is 1. The number of hydrogen-bond donors (Lipinski definition) is 0. The van der Waals surface area contributed by atoms with Crippen LogP contribution in [0.3, 0.4) is 0 Å². The molecule has 0 N–H and O–H groups in total. The summed E-state index contributed by atoms with van der Waals surface area (Å²) in [5.41, 5.74) is 1.50. The van der Waals surface area contributed by atoms with Gasteiger partial charge in [-0.25, -0.2) is 0 Å². The van der Waals surface area contributed by atoms with Gasteiger partial charge >= 0.3 is 5.97 Å². The van der Waals surface area contributed by atoms with E-state index in [0.717, 1.165) is 27.6 Å². The lowest BCUT2D eigenvalue weighted by Gasteiger charge is -2.31. The van der Waals surface area contributed by atoms with Gasteiger partial charge in [0.2, 0.25) is 0 Å². The van der Waals surface area contributed by atoms with E-state index in [1.807, 2.05) is 37.3 Å². The Morgan fingerprint density at radius 3 is 2.68 bits per heavy atom. The van der Waals surface area contributed by atoms with Crippen LogP contribution in [0.2, 0.25) is 5.02 Å². The standard InChI is InChI=1S/C19H16ClNO3S/c1-11-8-13(11)19(23)24-10-18(22)21-14-4-2-3-5-16(14)25-17-7-6-12(20)9-15(17)21/h2-7,9,11,13H,8,10H2,1H3. The maximum atomic E-state index is 12.9. The molecule has 0 aromatic heterocycles. The lowest BCUT2D eigenvalue weighted by atomic mass is 10.2. The zero-order valence-electron chi connectivity index (χ0n) is 13.6. The number of benzene rings is 2. The van der Waals surface area contributed by atoms with E-state index in [9.17, 15) is 9.59 Å². The van der Waals surface area contributed by atoms with E-state index in [1.165, 1.54) is 0 Å². The molecular weight excluding hydrogens is 358 g/mol. The van der Waals surface area contributed by atoms with E-state index >= 15 is 0 Å². The van der Waals surface area contributed by atoms with Crippen molar-refractivity contribution in [2.75, 3.05) is 11.5 Å². The summed E-state index contributed by atoms with van der Waals surface area (Å²) in [6.45, 7) is 1.73. The number of carbonyl (C=O) groups is 2. The molecule has 1 fully saturated rings. The zero-order chi connectivity index (χ0) is 17.6. The summed E-state index contributed by atoms with van der Waals surface area (Å²) in [5.74, 6) is -0.266. The Morgan fingerprint density at radius 2 is 1.92 bits per heavy atom. The Kier molecular flexibility index (Phi) is 4.21. The second-order valence-electron chi connectivity index (χ2n) is 6.34. The molecule has 2 atom stereocenters. The van der Waals surface area contributed by atoms with E-state index < -0.39 is 0 Å². The van der Waals surface area contributed by atoms with Gasteiger partial charge in [0.15, 0.2) is 6.61 Å². The lowest BCUT2D eigenvalue weighted by Crippen LogP contribution is -2.32. The molecule has 4 nitrogen and oxygen atoms in total. The molecule has 0 radical (unpaired) electrons. The van der Waals surface area contributed by atoms with Crippen molar-refractivity contribution in [1.82, 2.24) is 0 Å². The van der Waals surface area contributed by atoms with Crippen LogP contribution in [0, 0.1) is 11.8 Å². The molecule has 6 heteroatoms. The molecule has 1 amide bonds. The number of esters is 1. The van der Waals surface area contributed by atoms with Gasteiger partial charge < -0.3 is 4.74 Å². The Bertz CT molecular complexity index is 869. The van der Waals surface area contributed by atoms with Crippen LogP contribution >= 0.6 is 23.4 Å². The van der Waals surface area contributed by atoms with E-state index in [0.29, 0.717) is 10.9 Å². The van der Waals surface area contributed by atoms with Crippen LogP contribution in [0.1, 0.15) is 13.3 Å². The highest BCUT2D eigenvalue weighted by Gasteiger charge is 2.41. The fourth-order valence-electron chi connectivity index (χ4n) is 2.95. The average Bonchev–Trinajstić information content (AvgIpc) is 3.34. The molecule has 25 heavy (non-hydrogen) atoms. The van der Waals surface area contributed by atoms with E-state index in [1.54, 1.807) is 28.8 Å². The predicted octanol–water partition coefficient (Wildman–Crippen LogP) is 4.67. The molecule has 0 bridgehead atoms. The normalized spacial score (nSPS) is 20.5. The lowest BCUT2D eigenvalue weighted by molar-refractivity contribution is -0.149. The number of nitrogens with zero attached hydrogens (tertiary/aromatic N) is 1. The quantitative estimate of drug-likeness (QED) is 0.733. The molecule has 4 rings (SSSR count). The van der Waals surface area contributed by atoms with Crippen molar-refractivity contribution in [3.63, 3.8) is 0 Å². The third-order valence-electron chi connectivity index (χ3n) is 4.49. The minimum absolute atomic E-state index is 0.0567. The van der Waals surface area contributed by atoms with Crippen molar-refractivity contribution < 1.29 is 14.3 Å². The van der Waals surface area contributed by atoms with Gasteiger partial charge in [0.1, 0.15) is 0 Å². The van der Waals surface area contributed by atoms with Crippen molar-refractivity contribution in [3.8, 4) is 0 Å². The fourth-order valence-corrected chi connectivity index (χ4v) is 4.16. The third kappa shape index (κ3) is 3.14. The highest BCUT2D eigenvalue weighted by molar-refractivity contribution is 7.99. The highest BCUT2D eigenvalue weighted by Crippen LogP contribution is 2.48. The first-order valence-electron chi connectivity index (χ1n) is 8.10. The minimum atomic E-state index is -0.285. The molecule has 2 aliphatic rings. The molecule has 1 aliphatic carbocycles. The van der Waals surface area contributed by atoms with Crippen LogP contribution in [0.4, 0.5) is 11.4 Å². The Hall–Kier alpha value is -1.98. The molecule has 0 saturated heterocycles. The third-order valence-corrected chi connectivity index (χ3v) is 5.85. The molecule has 2 aromatic carbocycles. The Labute approximate surface area is 155 Å². The first-order valence-corrected chi connectivity index (χ1v) is 9.30. The van der Waals surface area contributed by atoms with Crippen LogP contribution in [-0.4, -0.2) is 18.5 Å². The van der Waals surface area contributed by atoms with Crippen molar-refractivity contribution in [2.24, 2.45) is 11.8 Å². The number of para-hydroxylation sites is 1. The molecule has 1 heterocycles. The summed E-state index contributed by atoms with van der Waals surface area (Å²) in [6, 6.07) is 13.1. The Balaban J connectivity index is 1.62. The first-order chi connectivity index (χ1) is 12.0. The summed E-state index contributed by atoms with van der Waals surface area (Å²) in [6.07, 6.45) is 0.842. The van der Waals surface area contributed by atoms with Gasteiger partial charge in [-0.05, 0) is 42.7 Å². The van der Waals surface area contributed by atoms with Gasteiger partial charge in [0, 0.05) is 14.8 Å². The minimum Gasteiger partial charge on any atom is -0.455 e. The summed E-state index contributed by atoms with van der Waals surface area (Å²) in [4.78, 5) is 28.3. The van der Waals surface area contributed by atoms with Crippen LogP contribution in [-0.2, 0) is 14.3 Å². The molecule has 2 aromatic rings. The number of anilines is 2. The first kappa shape index (κ1) is 16.5. The number of rotatable bonds is 3. The van der Waals surface area contributed by atoms with Gasteiger partial charge in [0.25, 0.3) is 5.91 Å². The van der Waals surface area contributed by atoms with Crippen molar-refractivity contribution in [2.45, 2.75) is 23.1 Å². The second-order valence-corrected chi connectivity index (χ2v) is 7.86. The maximum Gasteiger partial charge on any atom is 0.309 e. The number of fused-ring (bicyclic) bond motifs is 2. The van der Waals surface area contributed by atoms with Gasteiger partial charge in [-0.1, -0.05) is 42.4 Å². The van der Waals surface area contributed by atoms with Gasteiger partial charge in [-0.15, -0.1) is 0 Å². The molecular formula is C19H16ClNO3S. The van der Waals surface area contributed by atoms with Crippen LogP contribution in [0.5, 0.6) is 0 Å². The molecule has 128 valence electrons. The number of hydrogen-bond acceptors (Lipinski definition) is 4. The summed E-state index contributed by atoms with van der Waals surface area (Å²) in [5, 5.41) is 0.556. The van der Waals surface area contributed by atoms with Crippen LogP contribution in [0.15, 0.2) is 52.3 Å². The smallest absolute Gasteiger partial charge is 0.309 e. The van der Waals surface area contributed by atoms with Gasteiger partial charge in [-0.2, -0.15) is 0 Å². The number of halogens is 1. The largest absolute Gasteiger partial charge is 0.455 e. The predicted molar refractivity (Wildman–Crippen MR) is 97.4 cm³/mol. The summed E-state index contributed by atoms with van der Waals surface area (Å²) in [7, 11) is 0. The van der Waals surface area contributed by atoms with E-state index in [4.69, 9.17) is 16.3 Å². The van der Waals surface area contributed by atoms with Crippen molar-refractivity contribution in [3.05, 3.63) is 47.5 Å². The summed E-state index contributed by atoms with van der Waals surface area (Å²) < 4.78 is 5.24. The average molecular weight is 374 g/mol. The fraction of sp³-hybridized carbons (Fsp3) is 0.263. The van der Waals surface area contributed by atoms with E-state index in [-0.39, 0.29) is 24.4 Å². The Morgan fingerprint density at radius 1 is 1.20 bits per heavy atom. The van der Waals surface area contributed by atoms with Crippen LogP contribution < -0.4 is 4.90 Å². The topological polar surface area (TPSA) is 46.6 Å². The van der Waals surface area contributed by atoms with E-state index in [2.05, 4.69) is 0 Å². The maximum absolute atomic E-state index is 12.9. The van der Waals surface area contributed by atoms with Crippen molar-refractivity contribution >= 4 is 46.6 Å². The SMILES string of the molecule is CC1CC1C(=O)OCC(=O)N1c2ccccc2Sc2ccc(Cl)cc21. The highest BCUT2D eigenvalue weighted by atomic mass is 35.5. The molecule has 1 aliphatic heterocycles. The zero-order valence-corrected chi connectivity index (χ0v) is 15.1. The monoisotopic (exact) mass is 373 g/mol. The number of ether oxygens (including phenoxy) is 1. The number of carbonyl (C=O) groups excluding carboxylic acids is 2. The van der Waals surface area contributed by atoms with Gasteiger partial charge in [-0.3, -0.25) is 14.5 Å². The molecule has 2 unspecified atom stereocenters. The van der Waals surface area contributed by atoms with Gasteiger partial charge in [0.05, 0.1) is 17.3 Å². The summed E-state index contributed by atoms with van der Waals surface area (Å²) >= 11 is 7.73. The molecule has 0 spiro atoms. The molecule has 1 saturated carbocycles. The van der Waals surface area contributed by atoms with Crippen molar-refractivity contribution in [1.29, 1.82) is 0 Å². The second kappa shape index (κ2) is 6.39.